The van der Waals surface area contributed by atoms with E-state index in [4.69, 9.17) is 0 Å². The summed E-state index contributed by atoms with van der Waals surface area (Å²) in [5.41, 5.74) is 0. The van der Waals surface area contributed by atoms with E-state index in [9.17, 15) is 0 Å². The van der Waals surface area contributed by atoms with Crippen molar-refractivity contribution in [3.05, 3.63) is 0 Å². The molecule has 0 spiro atoms. The zero-order valence-electron chi connectivity index (χ0n) is 16.8. The van der Waals surface area contributed by atoms with Crippen LogP contribution in [0, 0.1) is 0 Å². The van der Waals surface area contributed by atoms with Gasteiger partial charge in [-0.25, -0.2) is 0 Å². The Hall–Kier alpha value is -0.0800. The van der Waals surface area contributed by atoms with Gasteiger partial charge in [-0.3, -0.25) is 0 Å². The second kappa shape index (κ2) is 12.4. The summed E-state index contributed by atoms with van der Waals surface area (Å²) in [6.45, 7) is 9.91. The molecule has 0 saturated carbocycles. The lowest BCUT2D eigenvalue weighted by molar-refractivity contribution is -0.946. The molecular formula is C20H46N2+2. The van der Waals surface area contributed by atoms with Gasteiger partial charge in [0.2, 0.25) is 0 Å². The first kappa shape index (κ1) is 21.9. The van der Waals surface area contributed by atoms with Crippen LogP contribution in [0.2, 0.25) is 0 Å². The Morgan fingerprint density at radius 3 is 1.05 bits per heavy atom. The zero-order valence-corrected chi connectivity index (χ0v) is 16.8. The molecule has 22 heavy (non-hydrogen) atoms. The van der Waals surface area contributed by atoms with E-state index in [1.54, 1.807) is 0 Å². The van der Waals surface area contributed by atoms with Crippen LogP contribution in [-0.2, 0) is 0 Å². The first-order valence-corrected chi connectivity index (χ1v) is 9.97. The van der Waals surface area contributed by atoms with E-state index in [2.05, 4.69) is 42.0 Å². The smallest absolute Gasteiger partial charge is 0.128 e. The van der Waals surface area contributed by atoms with Gasteiger partial charge in [0, 0.05) is 0 Å². The maximum atomic E-state index is 2.42. The summed E-state index contributed by atoms with van der Waals surface area (Å²) in [5, 5.41) is 0. The number of rotatable bonds is 15. The summed E-state index contributed by atoms with van der Waals surface area (Å²) in [7, 11) is 9.67. The lowest BCUT2D eigenvalue weighted by Gasteiger charge is -2.36. The summed E-state index contributed by atoms with van der Waals surface area (Å²) < 4.78 is 2.40. The second-order valence-electron chi connectivity index (χ2n) is 8.59. The molecule has 0 aliphatic rings. The fourth-order valence-corrected chi connectivity index (χ4v) is 3.05. The normalized spacial score (nSPS) is 12.8. The summed E-state index contributed by atoms with van der Waals surface area (Å²) in [5.74, 6) is 0. The standard InChI is InChI=1S/C20H46N2/c1-7-9-11-13-15-17-21(3,4)19-20-22(5,6)18-16-14-12-10-8-2/h7-20H2,1-6H3/q+2. The van der Waals surface area contributed by atoms with E-state index >= 15 is 0 Å². The monoisotopic (exact) mass is 314 g/mol. The molecule has 0 aliphatic carbocycles. The molecule has 0 aromatic rings. The lowest BCUT2D eigenvalue weighted by Crippen LogP contribution is -2.51. The Morgan fingerprint density at radius 2 is 0.727 bits per heavy atom. The maximum absolute atomic E-state index is 2.42. The fourth-order valence-electron chi connectivity index (χ4n) is 3.05. The van der Waals surface area contributed by atoms with Crippen molar-refractivity contribution in [1.29, 1.82) is 0 Å². The van der Waals surface area contributed by atoms with Crippen LogP contribution in [0.4, 0.5) is 0 Å². The Kier molecular flexibility index (Phi) is 12.3. The minimum Gasteiger partial charge on any atom is -0.324 e. The first-order chi connectivity index (χ1) is 10.3. The minimum absolute atomic E-state index is 1.20. The average Bonchev–Trinajstić information content (AvgIpc) is 2.45. The molecule has 0 amide bonds. The molecule has 0 aromatic carbocycles. The van der Waals surface area contributed by atoms with Gasteiger partial charge in [0.15, 0.2) is 0 Å². The molecule has 0 atom stereocenters. The van der Waals surface area contributed by atoms with Gasteiger partial charge in [-0.1, -0.05) is 52.4 Å². The molecule has 0 rings (SSSR count). The molecule has 0 fully saturated rings. The Balaban J connectivity index is 3.80. The molecule has 2 heteroatoms. The molecule has 0 radical (unpaired) electrons. The minimum atomic E-state index is 1.20. The van der Waals surface area contributed by atoms with Crippen LogP contribution in [0.3, 0.4) is 0 Å². The Morgan fingerprint density at radius 1 is 0.409 bits per heavy atom. The third-order valence-corrected chi connectivity index (χ3v) is 5.04. The summed E-state index contributed by atoms with van der Waals surface area (Å²) in [6, 6.07) is 0. The lowest BCUT2D eigenvalue weighted by atomic mass is 10.1. The molecule has 0 aliphatic heterocycles. The topological polar surface area (TPSA) is 0 Å². The van der Waals surface area contributed by atoms with E-state index in [1.165, 1.54) is 99.4 Å². The van der Waals surface area contributed by atoms with Gasteiger partial charge < -0.3 is 8.97 Å². The molecule has 0 aromatic heterocycles. The van der Waals surface area contributed by atoms with E-state index < -0.39 is 0 Å². The van der Waals surface area contributed by atoms with Crippen molar-refractivity contribution in [2.24, 2.45) is 0 Å². The fraction of sp³-hybridized carbons (Fsp3) is 1.00. The molecule has 2 nitrogen and oxygen atoms in total. The van der Waals surface area contributed by atoms with Crippen LogP contribution in [0.1, 0.15) is 78.1 Å². The van der Waals surface area contributed by atoms with Crippen molar-refractivity contribution in [1.82, 2.24) is 0 Å². The predicted molar refractivity (Wildman–Crippen MR) is 101 cm³/mol. The van der Waals surface area contributed by atoms with E-state index in [-0.39, 0.29) is 0 Å². The second-order valence-corrected chi connectivity index (χ2v) is 8.59. The third kappa shape index (κ3) is 13.6. The number of hydrogen-bond acceptors (Lipinski definition) is 0. The molecule has 134 valence electrons. The van der Waals surface area contributed by atoms with Gasteiger partial charge >= 0.3 is 0 Å². The largest absolute Gasteiger partial charge is 0.324 e. The predicted octanol–water partition coefficient (Wildman–Crippen LogP) is 5.08. The summed E-state index contributed by atoms with van der Waals surface area (Å²) in [6.07, 6.45) is 14.0. The van der Waals surface area contributed by atoms with Crippen molar-refractivity contribution < 1.29 is 8.97 Å². The van der Waals surface area contributed by atoms with Crippen LogP contribution < -0.4 is 0 Å². The molecule has 0 N–H and O–H groups in total. The van der Waals surface area contributed by atoms with Crippen LogP contribution in [-0.4, -0.2) is 63.3 Å². The molecule has 0 heterocycles. The van der Waals surface area contributed by atoms with E-state index in [0.29, 0.717) is 0 Å². The van der Waals surface area contributed by atoms with Gasteiger partial charge in [0.05, 0.1) is 41.3 Å². The maximum Gasteiger partial charge on any atom is 0.128 e. The number of likely N-dealkylation sites (N-methyl/N-ethyl adjacent to an activating group) is 2. The van der Waals surface area contributed by atoms with Crippen LogP contribution in [0.5, 0.6) is 0 Å². The van der Waals surface area contributed by atoms with Crippen LogP contribution in [0.25, 0.3) is 0 Å². The van der Waals surface area contributed by atoms with Gasteiger partial charge in [0.1, 0.15) is 13.1 Å². The van der Waals surface area contributed by atoms with E-state index in [0.717, 1.165) is 0 Å². The van der Waals surface area contributed by atoms with Crippen molar-refractivity contribution in [3.8, 4) is 0 Å². The average molecular weight is 315 g/mol. The van der Waals surface area contributed by atoms with Crippen molar-refractivity contribution in [2.45, 2.75) is 78.1 Å². The summed E-state index contributed by atoms with van der Waals surface area (Å²) in [4.78, 5) is 0. The number of unbranched alkanes of at least 4 members (excludes halogenated alkanes) is 8. The highest BCUT2D eigenvalue weighted by atomic mass is 15.4. The first-order valence-electron chi connectivity index (χ1n) is 9.97. The SMILES string of the molecule is CCCCCCC[N+](C)(C)CC[N+](C)(C)CCCCCCC. The van der Waals surface area contributed by atoms with Crippen LogP contribution in [0.15, 0.2) is 0 Å². The molecular weight excluding hydrogens is 268 g/mol. The molecule has 0 saturated heterocycles. The molecule has 0 unspecified atom stereocenters. The van der Waals surface area contributed by atoms with Gasteiger partial charge in [-0.05, 0) is 25.7 Å². The highest BCUT2D eigenvalue weighted by Gasteiger charge is 2.22. The van der Waals surface area contributed by atoms with Gasteiger partial charge in [0.25, 0.3) is 0 Å². The van der Waals surface area contributed by atoms with Gasteiger partial charge in [-0.15, -0.1) is 0 Å². The number of quaternary nitrogens is 2. The van der Waals surface area contributed by atoms with Crippen molar-refractivity contribution in [2.75, 3.05) is 54.4 Å². The van der Waals surface area contributed by atoms with Gasteiger partial charge in [-0.2, -0.15) is 0 Å². The third-order valence-electron chi connectivity index (χ3n) is 5.04. The molecule has 0 bridgehead atoms. The van der Waals surface area contributed by atoms with E-state index in [1.807, 2.05) is 0 Å². The number of hydrogen-bond donors (Lipinski definition) is 0. The van der Waals surface area contributed by atoms with Crippen LogP contribution >= 0.6 is 0 Å². The zero-order chi connectivity index (χ0) is 16.9. The van der Waals surface area contributed by atoms with Crippen molar-refractivity contribution >= 4 is 0 Å². The van der Waals surface area contributed by atoms with Crippen molar-refractivity contribution in [3.63, 3.8) is 0 Å². The highest BCUT2D eigenvalue weighted by Crippen LogP contribution is 2.10. The highest BCUT2D eigenvalue weighted by molar-refractivity contribution is 4.45. The summed E-state index contributed by atoms with van der Waals surface area (Å²) >= 11 is 0. The number of nitrogens with zero attached hydrogens (tertiary/aromatic N) is 2. The quantitative estimate of drug-likeness (QED) is 0.292. The Labute approximate surface area is 142 Å². The Bertz CT molecular complexity index is 220.